The fraction of sp³-hybridized carbons (Fsp3) is 0.519. The van der Waals surface area contributed by atoms with Gasteiger partial charge in [-0.05, 0) is 31.1 Å². The standard InChI is InChI=1S/C27H36ClN7O3Si/c1-16-12-35-23(31-16)21-20(11-30-35)34(15-27(21,5)6)25(37)32-17-9-19(28)22(29-10-17)24(36)33-13-18(14-33)38-39(7,8)26(2,3)4/h9-12,18H,13-15H2,1-8H3,(H,32,37). The van der Waals surface area contributed by atoms with Gasteiger partial charge in [-0.2, -0.15) is 5.10 Å². The van der Waals surface area contributed by atoms with E-state index in [0.717, 1.165) is 16.9 Å². The highest BCUT2D eigenvalue weighted by Crippen LogP contribution is 2.42. The summed E-state index contributed by atoms with van der Waals surface area (Å²) >= 11 is 6.47. The lowest BCUT2D eigenvalue weighted by molar-refractivity contribution is 0.0114. The zero-order valence-corrected chi connectivity index (χ0v) is 25.5. The Labute approximate surface area is 234 Å². The molecule has 0 atom stereocenters. The second-order valence-electron chi connectivity index (χ2n) is 12.7. The maximum Gasteiger partial charge on any atom is 0.326 e. The number of nitrogens with one attached hydrogen (secondary N) is 1. The van der Waals surface area contributed by atoms with Crippen LogP contribution in [0.1, 0.15) is 56.4 Å². The van der Waals surface area contributed by atoms with Gasteiger partial charge in [0, 0.05) is 30.6 Å². The number of hydrogen-bond acceptors (Lipinski definition) is 6. The summed E-state index contributed by atoms with van der Waals surface area (Å²) in [6, 6.07) is 1.23. The molecule has 2 aliphatic rings. The van der Waals surface area contributed by atoms with Crippen molar-refractivity contribution in [3.8, 4) is 0 Å². The number of fused-ring (bicyclic) bond motifs is 3. The monoisotopic (exact) mass is 569 g/mol. The number of imidazole rings is 1. The molecule has 2 aliphatic heterocycles. The molecule has 12 heteroatoms. The second kappa shape index (κ2) is 9.28. The van der Waals surface area contributed by atoms with Crippen molar-refractivity contribution in [2.45, 2.75) is 71.2 Å². The van der Waals surface area contributed by atoms with Gasteiger partial charge in [0.1, 0.15) is 5.69 Å². The fourth-order valence-corrected chi connectivity index (χ4v) is 6.49. The van der Waals surface area contributed by atoms with Gasteiger partial charge in [0.25, 0.3) is 5.91 Å². The average Bonchev–Trinajstić information content (AvgIpc) is 3.30. The number of aryl methyl sites for hydroxylation is 1. The summed E-state index contributed by atoms with van der Waals surface area (Å²) in [5.74, 6) is -0.242. The zero-order chi connectivity index (χ0) is 28.5. The Morgan fingerprint density at radius 2 is 1.90 bits per heavy atom. The number of amides is 3. The van der Waals surface area contributed by atoms with E-state index in [9.17, 15) is 9.59 Å². The SMILES string of the molecule is Cc1cn2ncc3c(c2n1)C(C)(C)CN3C(=O)Nc1cnc(C(=O)N2CC(O[Si](C)(C)C(C)(C)C)C2)c(Cl)c1. The van der Waals surface area contributed by atoms with Crippen LogP contribution in [0.2, 0.25) is 23.2 Å². The van der Waals surface area contributed by atoms with Gasteiger partial charge in [-0.25, -0.2) is 19.3 Å². The molecule has 10 nitrogen and oxygen atoms in total. The first-order valence-corrected chi connectivity index (χ1v) is 16.4. The molecular weight excluding hydrogens is 534 g/mol. The van der Waals surface area contributed by atoms with Crippen LogP contribution in [0, 0.1) is 6.92 Å². The van der Waals surface area contributed by atoms with Crippen molar-refractivity contribution in [1.29, 1.82) is 0 Å². The van der Waals surface area contributed by atoms with Gasteiger partial charge in [0.05, 0.1) is 46.8 Å². The molecular formula is C27H36ClN7O3Si. The number of carbonyl (C=O) groups is 2. The van der Waals surface area contributed by atoms with Gasteiger partial charge < -0.3 is 14.6 Å². The van der Waals surface area contributed by atoms with Crippen molar-refractivity contribution in [2.24, 2.45) is 0 Å². The molecule has 1 saturated heterocycles. The lowest BCUT2D eigenvalue weighted by Gasteiger charge is -2.46. The number of anilines is 2. The van der Waals surface area contributed by atoms with Gasteiger partial charge in [-0.3, -0.25) is 9.69 Å². The molecule has 0 aromatic carbocycles. The van der Waals surface area contributed by atoms with Crippen LogP contribution >= 0.6 is 11.6 Å². The van der Waals surface area contributed by atoms with E-state index in [1.165, 1.54) is 6.20 Å². The molecule has 0 radical (unpaired) electrons. The molecule has 0 saturated carbocycles. The van der Waals surface area contributed by atoms with Gasteiger partial charge in [-0.15, -0.1) is 0 Å². The smallest absolute Gasteiger partial charge is 0.326 e. The van der Waals surface area contributed by atoms with Crippen LogP contribution < -0.4 is 10.2 Å². The van der Waals surface area contributed by atoms with Crippen molar-refractivity contribution < 1.29 is 14.0 Å². The number of rotatable bonds is 4. The Kier molecular flexibility index (Phi) is 6.55. The summed E-state index contributed by atoms with van der Waals surface area (Å²) in [5.41, 5.74) is 3.56. The zero-order valence-electron chi connectivity index (χ0n) is 23.8. The third-order valence-corrected chi connectivity index (χ3v) is 12.9. The molecule has 3 amide bonds. The number of carbonyl (C=O) groups excluding carboxylic acids is 2. The maximum atomic E-state index is 13.3. The van der Waals surface area contributed by atoms with Crippen molar-refractivity contribution in [2.75, 3.05) is 29.9 Å². The molecule has 39 heavy (non-hydrogen) atoms. The number of hydrogen-bond donors (Lipinski definition) is 1. The minimum absolute atomic E-state index is 0.0291. The van der Waals surface area contributed by atoms with Crippen molar-refractivity contribution in [3.63, 3.8) is 0 Å². The van der Waals surface area contributed by atoms with Crippen LogP contribution in [-0.2, 0) is 9.84 Å². The Bertz CT molecular complexity index is 1470. The normalized spacial score (nSPS) is 17.4. The summed E-state index contributed by atoms with van der Waals surface area (Å²) in [6.07, 6.45) is 5.05. The summed E-state index contributed by atoms with van der Waals surface area (Å²) in [5, 5.41) is 7.61. The first-order chi connectivity index (χ1) is 18.1. The van der Waals surface area contributed by atoms with E-state index in [-0.39, 0.29) is 39.2 Å². The predicted molar refractivity (Wildman–Crippen MR) is 154 cm³/mol. The quantitative estimate of drug-likeness (QED) is 0.430. The van der Waals surface area contributed by atoms with Gasteiger partial charge in [0.15, 0.2) is 14.0 Å². The molecule has 5 heterocycles. The first-order valence-electron chi connectivity index (χ1n) is 13.1. The Hall–Kier alpha value is -3.02. The molecule has 208 valence electrons. The number of nitrogens with zero attached hydrogens (tertiary/aromatic N) is 6. The lowest BCUT2D eigenvalue weighted by Crippen LogP contribution is -2.59. The van der Waals surface area contributed by atoms with Crippen LogP contribution in [-0.4, -0.2) is 70.5 Å². The number of likely N-dealkylation sites (tertiary alicyclic amines) is 1. The van der Waals surface area contributed by atoms with Crippen molar-refractivity contribution in [3.05, 3.63) is 46.6 Å². The third-order valence-electron chi connectivity index (χ3n) is 8.06. The van der Waals surface area contributed by atoms with Crippen molar-refractivity contribution >= 4 is 48.9 Å². The Morgan fingerprint density at radius 1 is 1.21 bits per heavy atom. The largest absolute Gasteiger partial charge is 0.410 e. The van der Waals surface area contributed by atoms with E-state index in [1.54, 1.807) is 26.6 Å². The van der Waals surface area contributed by atoms with Gasteiger partial charge in [0.2, 0.25) is 0 Å². The molecule has 3 aromatic rings. The van der Waals surface area contributed by atoms with Crippen LogP contribution in [0.3, 0.4) is 0 Å². The van der Waals surface area contributed by atoms with Crippen molar-refractivity contribution in [1.82, 2.24) is 24.5 Å². The highest BCUT2D eigenvalue weighted by atomic mass is 35.5. The van der Waals surface area contributed by atoms with E-state index < -0.39 is 8.32 Å². The highest BCUT2D eigenvalue weighted by Gasteiger charge is 2.44. The minimum atomic E-state index is -1.90. The first kappa shape index (κ1) is 27.5. The van der Waals surface area contributed by atoms with E-state index in [0.29, 0.717) is 31.0 Å². The summed E-state index contributed by atoms with van der Waals surface area (Å²) in [7, 11) is -1.90. The van der Waals surface area contributed by atoms with Crippen LogP contribution in [0.4, 0.5) is 16.2 Å². The summed E-state index contributed by atoms with van der Waals surface area (Å²) in [6.45, 7) is 18.6. The van der Waals surface area contributed by atoms with Gasteiger partial charge >= 0.3 is 6.03 Å². The van der Waals surface area contributed by atoms with Crippen LogP contribution in [0.25, 0.3) is 5.65 Å². The topological polar surface area (TPSA) is 105 Å². The van der Waals surface area contributed by atoms with E-state index in [4.69, 9.17) is 16.0 Å². The molecule has 1 N–H and O–H groups in total. The maximum absolute atomic E-state index is 13.3. The predicted octanol–water partition coefficient (Wildman–Crippen LogP) is 5.26. The number of halogens is 1. The number of urea groups is 1. The number of aromatic nitrogens is 4. The molecule has 0 unspecified atom stereocenters. The highest BCUT2D eigenvalue weighted by molar-refractivity contribution is 6.74. The second-order valence-corrected chi connectivity index (χ2v) is 17.9. The Balaban J connectivity index is 1.26. The molecule has 0 aliphatic carbocycles. The van der Waals surface area contributed by atoms with E-state index in [1.807, 2.05) is 13.1 Å². The lowest BCUT2D eigenvalue weighted by atomic mass is 9.88. The molecule has 1 fully saturated rings. The number of pyridine rings is 1. The van der Waals surface area contributed by atoms with E-state index in [2.05, 4.69) is 68.1 Å². The average molecular weight is 570 g/mol. The van der Waals surface area contributed by atoms with Crippen LogP contribution in [0.5, 0.6) is 0 Å². The molecule has 0 spiro atoms. The Morgan fingerprint density at radius 3 is 2.54 bits per heavy atom. The fourth-order valence-electron chi connectivity index (χ4n) is 4.91. The molecule has 5 rings (SSSR count). The minimum Gasteiger partial charge on any atom is -0.410 e. The molecule has 3 aromatic heterocycles. The van der Waals surface area contributed by atoms with Gasteiger partial charge in [-0.1, -0.05) is 46.2 Å². The van der Waals surface area contributed by atoms with Crippen LogP contribution in [0.15, 0.2) is 24.7 Å². The summed E-state index contributed by atoms with van der Waals surface area (Å²) in [4.78, 5) is 38.6. The molecule has 0 bridgehead atoms. The summed E-state index contributed by atoms with van der Waals surface area (Å²) < 4.78 is 8.14. The van der Waals surface area contributed by atoms with E-state index >= 15 is 0 Å². The third kappa shape index (κ3) is 4.91.